The normalized spacial score (nSPS) is 13.7. The number of esters is 1. The number of benzene rings is 1. The number of hydrogen-bond acceptors (Lipinski definition) is 4. The lowest BCUT2D eigenvalue weighted by Gasteiger charge is -2.17. The first-order valence-corrected chi connectivity index (χ1v) is 9.58. The van der Waals surface area contributed by atoms with E-state index in [4.69, 9.17) is 4.74 Å². The second-order valence-corrected chi connectivity index (χ2v) is 6.99. The molecule has 0 saturated carbocycles. The van der Waals surface area contributed by atoms with Gasteiger partial charge in [-0.2, -0.15) is 0 Å². The summed E-state index contributed by atoms with van der Waals surface area (Å²) in [6, 6.07) is 4.12. The third-order valence-corrected chi connectivity index (χ3v) is 4.98. The molecule has 0 atom stereocenters. The summed E-state index contributed by atoms with van der Waals surface area (Å²) < 4.78 is 19.1. The number of rotatable bonds is 6. The van der Waals surface area contributed by atoms with Crippen LogP contribution in [0.15, 0.2) is 18.2 Å². The number of nitrogens with zero attached hydrogens (tertiary/aromatic N) is 1. The van der Waals surface area contributed by atoms with Crippen molar-refractivity contribution < 1.29 is 23.5 Å². The Morgan fingerprint density at radius 3 is 2.72 bits per heavy atom. The van der Waals surface area contributed by atoms with Crippen LogP contribution in [-0.2, 0) is 16.0 Å². The maximum absolute atomic E-state index is 14.2. The molecule has 7 nitrogen and oxygen atoms in total. The van der Waals surface area contributed by atoms with Crippen LogP contribution in [0.3, 0.4) is 0 Å². The highest BCUT2D eigenvalue weighted by Crippen LogP contribution is 2.28. The van der Waals surface area contributed by atoms with Gasteiger partial charge in [0.2, 0.25) is 5.91 Å². The molecule has 2 aromatic rings. The molecule has 2 amide bonds. The third-order valence-electron chi connectivity index (χ3n) is 4.98. The van der Waals surface area contributed by atoms with Crippen molar-refractivity contribution in [2.45, 2.75) is 39.5 Å². The van der Waals surface area contributed by atoms with E-state index in [9.17, 15) is 18.8 Å². The molecular formula is C21H24FN3O4. The van der Waals surface area contributed by atoms with Gasteiger partial charge < -0.3 is 19.9 Å². The zero-order chi connectivity index (χ0) is 21.1. The van der Waals surface area contributed by atoms with Crippen molar-refractivity contribution in [2.24, 2.45) is 0 Å². The number of amides is 2. The molecule has 0 unspecified atom stereocenters. The molecule has 1 fully saturated rings. The summed E-state index contributed by atoms with van der Waals surface area (Å²) in [6.45, 7) is 4.10. The van der Waals surface area contributed by atoms with E-state index in [-0.39, 0.29) is 17.3 Å². The standard InChI is InChI=1S/C21H24FN3O4/c1-4-6-14-18(21(28)29-3)12(2)23-19(14)20(27)24-13-8-9-15(22)16(11-13)25-10-5-7-17(25)26/h8-9,11,23H,4-7,10H2,1-3H3,(H,24,27). The van der Waals surface area contributed by atoms with Crippen molar-refractivity contribution in [1.82, 2.24) is 4.98 Å². The summed E-state index contributed by atoms with van der Waals surface area (Å²) in [7, 11) is 1.30. The number of ether oxygens (including phenoxy) is 1. The summed E-state index contributed by atoms with van der Waals surface area (Å²) in [5, 5.41) is 2.73. The molecule has 8 heteroatoms. The molecule has 29 heavy (non-hydrogen) atoms. The highest BCUT2D eigenvalue weighted by molar-refractivity contribution is 6.07. The number of aromatic amines is 1. The fraction of sp³-hybridized carbons (Fsp3) is 0.381. The first kappa shape index (κ1) is 20.6. The minimum Gasteiger partial charge on any atom is -0.465 e. The lowest BCUT2D eigenvalue weighted by Crippen LogP contribution is -2.25. The number of aromatic nitrogens is 1. The van der Waals surface area contributed by atoms with Crippen molar-refractivity contribution in [1.29, 1.82) is 0 Å². The van der Waals surface area contributed by atoms with Gasteiger partial charge in [0.05, 0.1) is 18.4 Å². The predicted octanol–water partition coefficient (Wildman–Crippen LogP) is 3.58. The Morgan fingerprint density at radius 2 is 2.10 bits per heavy atom. The summed E-state index contributed by atoms with van der Waals surface area (Å²) in [4.78, 5) is 41.3. The first-order chi connectivity index (χ1) is 13.9. The second-order valence-electron chi connectivity index (χ2n) is 6.99. The molecule has 154 valence electrons. The average Bonchev–Trinajstić information content (AvgIpc) is 3.26. The van der Waals surface area contributed by atoms with Crippen LogP contribution in [0.2, 0.25) is 0 Å². The Balaban J connectivity index is 1.91. The molecular weight excluding hydrogens is 377 g/mol. The van der Waals surface area contributed by atoms with E-state index in [2.05, 4.69) is 10.3 Å². The van der Waals surface area contributed by atoms with Crippen LogP contribution in [0.1, 0.15) is 58.3 Å². The summed E-state index contributed by atoms with van der Waals surface area (Å²) in [6.07, 6.45) is 2.32. The molecule has 1 aromatic carbocycles. The Bertz CT molecular complexity index is 967. The fourth-order valence-corrected chi connectivity index (χ4v) is 3.64. The van der Waals surface area contributed by atoms with Gasteiger partial charge in [0.15, 0.2) is 0 Å². The van der Waals surface area contributed by atoms with Crippen LogP contribution >= 0.6 is 0 Å². The van der Waals surface area contributed by atoms with Crippen molar-refractivity contribution in [3.05, 3.63) is 46.5 Å². The van der Waals surface area contributed by atoms with Gasteiger partial charge in [0.1, 0.15) is 11.5 Å². The molecule has 1 aliphatic heterocycles. The molecule has 1 aromatic heterocycles. The fourth-order valence-electron chi connectivity index (χ4n) is 3.64. The van der Waals surface area contributed by atoms with E-state index < -0.39 is 17.7 Å². The van der Waals surface area contributed by atoms with Crippen LogP contribution in [0, 0.1) is 12.7 Å². The zero-order valence-corrected chi connectivity index (χ0v) is 16.7. The Labute approximate surface area is 168 Å². The van der Waals surface area contributed by atoms with E-state index >= 15 is 0 Å². The third kappa shape index (κ3) is 4.01. The van der Waals surface area contributed by atoms with E-state index in [1.165, 1.54) is 30.2 Å². The van der Waals surface area contributed by atoms with Gasteiger partial charge in [-0.05, 0) is 43.5 Å². The lowest BCUT2D eigenvalue weighted by molar-refractivity contribution is -0.117. The lowest BCUT2D eigenvalue weighted by atomic mass is 10.0. The van der Waals surface area contributed by atoms with E-state index in [1.807, 2.05) is 6.92 Å². The molecule has 3 rings (SSSR count). The van der Waals surface area contributed by atoms with Gasteiger partial charge in [0, 0.05) is 24.3 Å². The van der Waals surface area contributed by atoms with Crippen molar-refractivity contribution in [2.75, 3.05) is 23.9 Å². The number of nitrogens with one attached hydrogen (secondary N) is 2. The topological polar surface area (TPSA) is 91.5 Å². The molecule has 1 aliphatic rings. The maximum Gasteiger partial charge on any atom is 0.339 e. The average molecular weight is 401 g/mol. The van der Waals surface area contributed by atoms with Crippen LogP contribution in [-0.4, -0.2) is 36.4 Å². The Morgan fingerprint density at radius 1 is 1.34 bits per heavy atom. The van der Waals surface area contributed by atoms with Crippen LogP contribution in [0.25, 0.3) is 0 Å². The van der Waals surface area contributed by atoms with Crippen molar-refractivity contribution in [3.63, 3.8) is 0 Å². The number of H-pyrrole nitrogens is 1. The molecule has 0 spiro atoms. The van der Waals surface area contributed by atoms with Gasteiger partial charge >= 0.3 is 5.97 Å². The van der Waals surface area contributed by atoms with Gasteiger partial charge in [0.25, 0.3) is 5.91 Å². The number of carbonyl (C=O) groups excluding carboxylic acids is 3. The largest absolute Gasteiger partial charge is 0.465 e. The Hall–Kier alpha value is -3.16. The minimum absolute atomic E-state index is 0.139. The number of anilines is 2. The highest BCUT2D eigenvalue weighted by atomic mass is 19.1. The number of hydrogen-bond donors (Lipinski definition) is 2. The van der Waals surface area contributed by atoms with E-state index in [0.717, 1.165) is 6.42 Å². The Kier molecular flexibility index (Phi) is 6.00. The number of methoxy groups -OCH3 is 1. The summed E-state index contributed by atoms with van der Waals surface area (Å²) in [5.74, 6) is -1.61. The maximum atomic E-state index is 14.2. The summed E-state index contributed by atoms with van der Waals surface area (Å²) >= 11 is 0. The smallest absolute Gasteiger partial charge is 0.339 e. The quantitative estimate of drug-likeness (QED) is 0.724. The predicted molar refractivity (Wildman–Crippen MR) is 107 cm³/mol. The summed E-state index contributed by atoms with van der Waals surface area (Å²) in [5.41, 5.74) is 2.28. The monoisotopic (exact) mass is 401 g/mol. The first-order valence-electron chi connectivity index (χ1n) is 9.58. The van der Waals surface area contributed by atoms with Gasteiger partial charge in [-0.1, -0.05) is 13.3 Å². The highest BCUT2D eigenvalue weighted by Gasteiger charge is 2.26. The number of halogens is 1. The zero-order valence-electron chi connectivity index (χ0n) is 16.7. The molecule has 2 heterocycles. The SMILES string of the molecule is CCCc1c(C(=O)Nc2ccc(F)c(N3CCCC3=O)c2)[nH]c(C)c1C(=O)OC. The molecule has 1 saturated heterocycles. The molecule has 0 bridgehead atoms. The van der Waals surface area contributed by atoms with Gasteiger partial charge in [-0.25, -0.2) is 9.18 Å². The van der Waals surface area contributed by atoms with Crippen LogP contribution in [0.5, 0.6) is 0 Å². The molecule has 2 N–H and O–H groups in total. The van der Waals surface area contributed by atoms with E-state index in [1.54, 1.807) is 6.92 Å². The minimum atomic E-state index is -0.520. The van der Waals surface area contributed by atoms with Crippen molar-refractivity contribution in [3.8, 4) is 0 Å². The van der Waals surface area contributed by atoms with Crippen molar-refractivity contribution >= 4 is 29.2 Å². The molecule has 0 aliphatic carbocycles. The molecule has 0 radical (unpaired) electrons. The van der Waals surface area contributed by atoms with Crippen LogP contribution in [0.4, 0.5) is 15.8 Å². The second kappa shape index (κ2) is 8.46. The number of aryl methyl sites for hydroxylation is 1. The van der Waals surface area contributed by atoms with Gasteiger partial charge in [-0.15, -0.1) is 0 Å². The van der Waals surface area contributed by atoms with E-state index in [0.29, 0.717) is 48.3 Å². The van der Waals surface area contributed by atoms with Gasteiger partial charge in [-0.3, -0.25) is 9.59 Å². The number of carbonyl (C=O) groups is 3. The van der Waals surface area contributed by atoms with Crippen LogP contribution < -0.4 is 10.2 Å².